The van der Waals surface area contributed by atoms with Crippen LogP contribution in [0.5, 0.6) is 5.75 Å². The summed E-state index contributed by atoms with van der Waals surface area (Å²) >= 11 is 0. The number of nitrogens with one attached hydrogen (secondary N) is 1. The Morgan fingerprint density at radius 1 is 1.04 bits per heavy atom. The number of fused-ring (bicyclic) bond motifs is 1. The van der Waals surface area contributed by atoms with Gasteiger partial charge in [0.2, 0.25) is 5.91 Å². The lowest BCUT2D eigenvalue weighted by Gasteiger charge is -2.34. The topological polar surface area (TPSA) is 49.3 Å². The second kappa shape index (κ2) is 5.30. The predicted octanol–water partition coefficient (Wildman–Crippen LogP) is 4.10. The number of halogens is 2. The van der Waals surface area contributed by atoms with Crippen LogP contribution in [-0.2, 0) is 10.2 Å². The normalized spacial score (nSPS) is 23.3. The van der Waals surface area contributed by atoms with Gasteiger partial charge in [0.15, 0.2) is 11.6 Å². The molecule has 0 saturated heterocycles. The monoisotopic (exact) mass is 329 g/mol. The molecule has 1 atom stereocenters. The van der Waals surface area contributed by atoms with E-state index in [4.69, 9.17) is 0 Å². The Labute approximate surface area is 138 Å². The third-order valence-corrected chi connectivity index (χ3v) is 5.41. The Morgan fingerprint density at radius 2 is 1.71 bits per heavy atom. The molecule has 1 saturated carbocycles. The number of hydrogen-bond donors (Lipinski definition) is 2. The molecular formula is C19H17F2NO2. The highest BCUT2D eigenvalue weighted by Crippen LogP contribution is 2.53. The van der Waals surface area contributed by atoms with Gasteiger partial charge >= 0.3 is 0 Å². The molecule has 1 unspecified atom stereocenters. The number of rotatable bonds is 2. The Hall–Kier alpha value is -2.43. The fraction of sp³-hybridized carbons (Fsp3) is 0.316. The van der Waals surface area contributed by atoms with Crippen LogP contribution in [0, 0.1) is 17.6 Å². The molecule has 2 N–H and O–H groups in total. The lowest BCUT2D eigenvalue weighted by atomic mass is 9.65. The molecule has 0 spiro atoms. The number of phenols is 1. The third-order valence-electron chi connectivity index (χ3n) is 5.41. The van der Waals surface area contributed by atoms with Crippen LogP contribution in [0.2, 0.25) is 0 Å². The summed E-state index contributed by atoms with van der Waals surface area (Å²) in [5.74, 6) is -2.18. The zero-order chi connectivity index (χ0) is 16.9. The molecule has 2 aromatic carbocycles. The van der Waals surface area contributed by atoms with E-state index in [0.29, 0.717) is 11.1 Å². The zero-order valence-electron chi connectivity index (χ0n) is 13.0. The van der Waals surface area contributed by atoms with Crippen molar-refractivity contribution in [1.82, 2.24) is 0 Å². The maximum Gasteiger partial charge on any atom is 0.239 e. The van der Waals surface area contributed by atoms with Gasteiger partial charge in [0.25, 0.3) is 0 Å². The second-order valence-electron chi connectivity index (χ2n) is 6.57. The van der Waals surface area contributed by atoms with Gasteiger partial charge in [-0.3, -0.25) is 4.79 Å². The van der Waals surface area contributed by atoms with Crippen LogP contribution in [0.1, 0.15) is 36.8 Å². The summed E-state index contributed by atoms with van der Waals surface area (Å²) in [7, 11) is 0. The van der Waals surface area contributed by atoms with Gasteiger partial charge in [-0.25, -0.2) is 8.78 Å². The third kappa shape index (κ3) is 1.90. The van der Waals surface area contributed by atoms with Crippen molar-refractivity contribution in [3.05, 3.63) is 59.2 Å². The molecule has 1 aliphatic carbocycles. The first-order chi connectivity index (χ1) is 11.5. The highest BCUT2D eigenvalue weighted by atomic mass is 19.2. The van der Waals surface area contributed by atoms with Gasteiger partial charge in [-0.05, 0) is 48.1 Å². The van der Waals surface area contributed by atoms with E-state index in [1.807, 2.05) is 0 Å². The van der Waals surface area contributed by atoms with Crippen LogP contribution >= 0.6 is 0 Å². The number of anilines is 1. The Balaban J connectivity index is 2.00. The van der Waals surface area contributed by atoms with Crippen molar-refractivity contribution in [1.29, 1.82) is 0 Å². The Kier molecular flexibility index (Phi) is 3.34. The highest BCUT2D eigenvalue weighted by molar-refractivity contribution is 6.09. The van der Waals surface area contributed by atoms with Gasteiger partial charge in [0.1, 0.15) is 11.2 Å². The molecule has 0 bridgehead atoms. The number of amides is 1. The van der Waals surface area contributed by atoms with Crippen LogP contribution in [-0.4, -0.2) is 11.0 Å². The molecule has 1 heterocycles. The van der Waals surface area contributed by atoms with E-state index in [-0.39, 0.29) is 23.3 Å². The van der Waals surface area contributed by atoms with Crippen molar-refractivity contribution in [2.45, 2.75) is 31.1 Å². The SMILES string of the molecule is O=C1Nc2c(ccc(F)c2F)C1(c1ccc(O)cc1)C1CCCC1. The predicted molar refractivity (Wildman–Crippen MR) is 85.8 cm³/mol. The number of carbonyl (C=O) groups excluding carboxylic acids is 1. The van der Waals surface area contributed by atoms with Gasteiger partial charge in [-0.2, -0.15) is 0 Å². The summed E-state index contributed by atoms with van der Waals surface area (Å²) in [6, 6.07) is 9.04. The molecule has 1 amide bonds. The molecule has 3 nitrogen and oxygen atoms in total. The molecule has 4 rings (SSSR count). The molecule has 0 radical (unpaired) electrons. The van der Waals surface area contributed by atoms with Crippen molar-refractivity contribution in [2.75, 3.05) is 5.32 Å². The first kappa shape index (κ1) is 15.1. The maximum atomic E-state index is 14.3. The zero-order valence-corrected chi connectivity index (χ0v) is 13.0. The summed E-state index contributed by atoms with van der Waals surface area (Å²) in [4.78, 5) is 13.0. The molecule has 2 aliphatic rings. The van der Waals surface area contributed by atoms with Crippen LogP contribution in [0.3, 0.4) is 0 Å². The minimum absolute atomic E-state index is 0.0214. The van der Waals surface area contributed by atoms with E-state index >= 15 is 0 Å². The molecule has 5 heteroatoms. The quantitative estimate of drug-likeness (QED) is 0.871. The second-order valence-corrected chi connectivity index (χ2v) is 6.57. The lowest BCUT2D eigenvalue weighted by Crippen LogP contribution is -2.42. The number of hydrogen-bond acceptors (Lipinski definition) is 2. The fourth-order valence-electron chi connectivity index (χ4n) is 4.35. The van der Waals surface area contributed by atoms with Gasteiger partial charge in [-0.15, -0.1) is 0 Å². The van der Waals surface area contributed by atoms with Crippen LogP contribution in [0.25, 0.3) is 0 Å². The van der Waals surface area contributed by atoms with Crippen molar-refractivity contribution in [3.8, 4) is 5.75 Å². The molecule has 0 aromatic heterocycles. The maximum absolute atomic E-state index is 14.3. The number of aromatic hydroxyl groups is 1. The minimum atomic E-state index is -1.03. The highest BCUT2D eigenvalue weighted by Gasteiger charge is 2.54. The number of benzene rings is 2. The largest absolute Gasteiger partial charge is 0.508 e. The molecule has 1 aliphatic heterocycles. The molecule has 2 aromatic rings. The summed E-state index contributed by atoms with van der Waals surface area (Å²) in [6.07, 6.45) is 3.73. The summed E-state index contributed by atoms with van der Waals surface area (Å²) in [6.45, 7) is 0. The Morgan fingerprint density at radius 3 is 2.38 bits per heavy atom. The van der Waals surface area contributed by atoms with Crippen molar-refractivity contribution in [3.63, 3.8) is 0 Å². The van der Waals surface area contributed by atoms with Gasteiger partial charge in [0, 0.05) is 0 Å². The van der Waals surface area contributed by atoms with Gasteiger partial charge < -0.3 is 10.4 Å². The average Bonchev–Trinajstić information content (AvgIpc) is 3.19. The molecular weight excluding hydrogens is 312 g/mol. The van der Waals surface area contributed by atoms with E-state index in [1.165, 1.54) is 18.2 Å². The molecule has 124 valence electrons. The van der Waals surface area contributed by atoms with Crippen LogP contribution < -0.4 is 5.32 Å². The Bertz CT molecular complexity index is 813. The fourth-order valence-corrected chi connectivity index (χ4v) is 4.35. The lowest BCUT2D eigenvalue weighted by molar-refractivity contribution is -0.121. The van der Waals surface area contributed by atoms with Crippen molar-refractivity contribution in [2.24, 2.45) is 5.92 Å². The van der Waals surface area contributed by atoms with Crippen LogP contribution in [0.15, 0.2) is 36.4 Å². The first-order valence-electron chi connectivity index (χ1n) is 8.14. The van der Waals surface area contributed by atoms with Gasteiger partial charge in [-0.1, -0.05) is 31.0 Å². The van der Waals surface area contributed by atoms with Crippen molar-refractivity contribution < 1.29 is 18.7 Å². The smallest absolute Gasteiger partial charge is 0.239 e. The van der Waals surface area contributed by atoms with Crippen molar-refractivity contribution >= 4 is 11.6 Å². The summed E-state index contributed by atoms with van der Waals surface area (Å²) < 4.78 is 27.9. The van der Waals surface area contributed by atoms with E-state index in [1.54, 1.807) is 12.1 Å². The van der Waals surface area contributed by atoms with E-state index in [2.05, 4.69) is 5.32 Å². The first-order valence-corrected chi connectivity index (χ1v) is 8.14. The van der Waals surface area contributed by atoms with Crippen LogP contribution in [0.4, 0.5) is 14.5 Å². The van der Waals surface area contributed by atoms with E-state index in [0.717, 1.165) is 31.7 Å². The number of phenolic OH excluding ortho intramolecular Hbond substituents is 1. The minimum Gasteiger partial charge on any atom is -0.508 e. The molecule has 1 fully saturated rings. The molecule has 24 heavy (non-hydrogen) atoms. The van der Waals surface area contributed by atoms with E-state index < -0.39 is 17.0 Å². The summed E-state index contributed by atoms with van der Waals surface area (Å²) in [5.41, 5.74) is 0.104. The van der Waals surface area contributed by atoms with E-state index in [9.17, 15) is 18.7 Å². The summed E-state index contributed by atoms with van der Waals surface area (Å²) in [5, 5.41) is 12.2. The average molecular weight is 329 g/mol. The number of carbonyl (C=O) groups is 1. The van der Waals surface area contributed by atoms with Gasteiger partial charge in [0.05, 0.1) is 5.69 Å². The standard InChI is InChI=1S/C19H17F2NO2/c20-15-10-9-14-17(16(15)21)22-18(24)19(14,11-3-1-2-4-11)12-5-7-13(23)8-6-12/h5-11,23H,1-4H2,(H,22,24).